The molecule has 2 aromatic rings. The van der Waals surface area contributed by atoms with Crippen LogP contribution in [-0.2, 0) is 16.4 Å². The molecule has 1 amide bonds. The number of rotatable bonds is 4. The summed E-state index contributed by atoms with van der Waals surface area (Å²) in [4.78, 5) is 12.4. The Morgan fingerprint density at radius 2 is 2.04 bits per heavy atom. The number of anilines is 1. The summed E-state index contributed by atoms with van der Waals surface area (Å²) in [5.74, 6) is 1.28. The fraction of sp³-hybridized carbons (Fsp3) is 0.353. The van der Waals surface area contributed by atoms with Crippen LogP contribution in [0.2, 0.25) is 0 Å². The molecule has 1 aromatic carbocycles. The van der Waals surface area contributed by atoms with Gasteiger partial charge in [-0.25, -0.2) is 8.42 Å². The lowest BCUT2D eigenvalue weighted by Crippen LogP contribution is -2.28. The van der Waals surface area contributed by atoms with Gasteiger partial charge in [-0.1, -0.05) is 0 Å². The number of benzene rings is 1. The summed E-state index contributed by atoms with van der Waals surface area (Å²) >= 11 is 0. The molecular weight excluding hydrogens is 328 g/mol. The molecule has 24 heavy (non-hydrogen) atoms. The number of fused-ring (bicyclic) bond motifs is 1. The first-order chi connectivity index (χ1) is 11.3. The SMILES string of the molecule is Cc1ccc([C@H](C)NC(=O)c2ccc3c(c2)CCN3S(C)(=O)=O)o1. The van der Waals surface area contributed by atoms with Crippen LogP contribution in [0.15, 0.2) is 34.7 Å². The van der Waals surface area contributed by atoms with Crippen molar-refractivity contribution in [3.8, 4) is 0 Å². The number of carbonyl (C=O) groups is 1. The fourth-order valence-corrected chi connectivity index (χ4v) is 3.85. The molecule has 3 rings (SSSR count). The summed E-state index contributed by atoms with van der Waals surface area (Å²) in [5.41, 5.74) is 2.04. The second kappa shape index (κ2) is 5.98. The molecule has 0 unspecified atom stereocenters. The van der Waals surface area contributed by atoms with E-state index in [-0.39, 0.29) is 11.9 Å². The first-order valence-corrected chi connectivity index (χ1v) is 9.58. The Balaban J connectivity index is 1.78. The predicted molar refractivity (Wildman–Crippen MR) is 91.7 cm³/mol. The Morgan fingerprint density at radius 3 is 2.67 bits per heavy atom. The monoisotopic (exact) mass is 348 g/mol. The van der Waals surface area contributed by atoms with E-state index in [1.54, 1.807) is 18.2 Å². The fourth-order valence-electron chi connectivity index (χ4n) is 2.89. The highest BCUT2D eigenvalue weighted by atomic mass is 32.2. The van der Waals surface area contributed by atoms with E-state index in [4.69, 9.17) is 4.42 Å². The van der Waals surface area contributed by atoms with Gasteiger partial charge in [-0.2, -0.15) is 0 Å². The van der Waals surface area contributed by atoms with Crippen LogP contribution in [0, 0.1) is 6.92 Å². The van der Waals surface area contributed by atoms with E-state index in [0.29, 0.717) is 30.0 Å². The molecule has 0 radical (unpaired) electrons. The molecule has 128 valence electrons. The van der Waals surface area contributed by atoms with Gasteiger partial charge in [0.05, 0.1) is 18.0 Å². The number of sulfonamides is 1. The van der Waals surface area contributed by atoms with E-state index in [1.807, 2.05) is 26.0 Å². The van der Waals surface area contributed by atoms with E-state index in [1.165, 1.54) is 10.6 Å². The van der Waals surface area contributed by atoms with E-state index < -0.39 is 10.0 Å². The summed E-state index contributed by atoms with van der Waals surface area (Å²) in [6, 6.07) is 8.56. The molecule has 0 fully saturated rings. The van der Waals surface area contributed by atoms with Crippen LogP contribution in [0.3, 0.4) is 0 Å². The Kier molecular flexibility index (Phi) is 4.13. The molecule has 0 aliphatic carbocycles. The minimum atomic E-state index is -3.28. The molecule has 1 aliphatic heterocycles. The smallest absolute Gasteiger partial charge is 0.251 e. The molecule has 1 aliphatic rings. The van der Waals surface area contributed by atoms with Gasteiger partial charge < -0.3 is 9.73 Å². The number of nitrogens with one attached hydrogen (secondary N) is 1. The van der Waals surface area contributed by atoms with Gasteiger partial charge in [0, 0.05) is 12.1 Å². The third-order valence-corrected chi connectivity index (χ3v) is 5.31. The number of hydrogen-bond acceptors (Lipinski definition) is 4. The quantitative estimate of drug-likeness (QED) is 0.920. The average molecular weight is 348 g/mol. The molecule has 2 heterocycles. The van der Waals surface area contributed by atoms with Gasteiger partial charge in [0.2, 0.25) is 10.0 Å². The highest BCUT2D eigenvalue weighted by Crippen LogP contribution is 2.30. The third-order valence-electron chi connectivity index (χ3n) is 4.13. The number of carbonyl (C=O) groups excluding carboxylic acids is 1. The molecule has 6 nitrogen and oxygen atoms in total. The van der Waals surface area contributed by atoms with Crippen LogP contribution in [0.1, 0.15) is 40.4 Å². The van der Waals surface area contributed by atoms with Crippen LogP contribution in [0.5, 0.6) is 0 Å². The van der Waals surface area contributed by atoms with Gasteiger partial charge in [0.1, 0.15) is 11.5 Å². The van der Waals surface area contributed by atoms with E-state index in [0.717, 1.165) is 11.3 Å². The number of aryl methyl sites for hydroxylation is 1. The summed E-state index contributed by atoms with van der Waals surface area (Å²) in [6.45, 7) is 4.13. The van der Waals surface area contributed by atoms with Gasteiger partial charge in [-0.3, -0.25) is 9.10 Å². The van der Waals surface area contributed by atoms with Crippen LogP contribution >= 0.6 is 0 Å². The first kappa shape index (κ1) is 16.6. The van der Waals surface area contributed by atoms with E-state index >= 15 is 0 Å². The lowest BCUT2D eigenvalue weighted by atomic mass is 10.1. The van der Waals surface area contributed by atoms with Gasteiger partial charge in [0.15, 0.2) is 0 Å². The molecule has 1 N–H and O–H groups in total. The van der Waals surface area contributed by atoms with Gasteiger partial charge >= 0.3 is 0 Å². The molecule has 1 aromatic heterocycles. The van der Waals surface area contributed by atoms with Crippen molar-refractivity contribution in [2.75, 3.05) is 17.1 Å². The minimum absolute atomic E-state index is 0.211. The largest absolute Gasteiger partial charge is 0.464 e. The van der Waals surface area contributed by atoms with Crippen LogP contribution < -0.4 is 9.62 Å². The third kappa shape index (κ3) is 3.17. The van der Waals surface area contributed by atoms with Crippen molar-refractivity contribution < 1.29 is 17.6 Å². The molecule has 0 bridgehead atoms. The molecule has 0 saturated heterocycles. The molecule has 1 atom stereocenters. The zero-order valence-corrected chi connectivity index (χ0v) is 14.7. The molecule has 0 spiro atoms. The highest BCUT2D eigenvalue weighted by Gasteiger charge is 2.27. The Morgan fingerprint density at radius 1 is 1.29 bits per heavy atom. The summed E-state index contributed by atoms with van der Waals surface area (Å²) in [6.07, 6.45) is 1.80. The average Bonchev–Trinajstić information content (AvgIpc) is 3.11. The maximum Gasteiger partial charge on any atom is 0.251 e. The number of furan rings is 1. The maximum absolute atomic E-state index is 12.4. The second-order valence-electron chi connectivity index (χ2n) is 6.07. The Hall–Kier alpha value is -2.28. The van der Waals surface area contributed by atoms with E-state index in [2.05, 4.69) is 5.32 Å². The summed E-state index contributed by atoms with van der Waals surface area (Å²) < 4.78 is 30.4. The lowest BCUT2D eigenvalue weighted by molar-refractivity contribution is 0.0935. The number of hydrogen-bond donors (Lipinski definition) is 1. The van der Waals surface area contributed by atoms with Crippen LogP contribution in [-0.4, -0.2) is 27.1 Å². The van der Waals surface area contributed by atoms with Crippen molar-refractivity contribution in [1.82, 2.24) is 5.32 Å². The topological polar surface area (TPSA) is 79.6 Å². The number of amides is 1. The second-order valence-corrected chi connectivity index (χ2v) is 7.98. The van der Waals surface area contributed by atoms with Crippen LogP contribution in [0.25, 0.3) is 0 Å². The van der Waals surface area contributed by atoms with Gasteiger partial charge in [-0.15, -0.1) is 0 Å². The van der Waals surface area contributed by atoms with Crippen molar-refractivity contribution in [2.24, 2.45) is 0 Å². The van der Waals surface area contributed by atoms with Crippen molar-refractivity contribution in [3.63, 3.8) is 0 Å². The van der Waals surface area contributed by atoms with Crippen molar-refractivity contribution >= 4 is 21.6 Å². The maximum atomic E-state index is 12.4. The zero-order valence-electron chi connectivity index (χ0n) is 13.9. The van der Waals surface area contributed by atoms with Gasteiger partial charge in [0.25, 0.3) is 5.91 Å². The Bertz CT molecular complexity index is 886. The highest BCUT2D eigenvalue weighted by molar-refractivity contribution is 7.92. The molecular formula is C17H20N2O4S. The lowest BCUT2D eigenvalue weighted by Gasteiger charge is -2.17. The first-order valence-electron chi connectivity index (χ1n) is 7.73. The minimum Gasteiger partial charge on any atom is -0.464 e. The summed E-state index contributed by atoms with van der Waals surface area (Å²) in [5, 5.41) is 2.89. The zero-order chi connectivity index (χ0) is 17.5. The normalized spacial score (nSPS) is 15.2. The standard InChI is InChI=1S/C17H20N2O4S/c1-11-4-7-16(23-11)12(2)18-17(20)14-5-6-15-13(10-14)8-9-19(15)24(3,21)22/h4-7,10,12H,8-9H2,1-3H3,(H,18,20)/t12-/m0/s1. The van der Waals surface area contributed by atoms with Crippen LogP contribution in [0.4, 0.5) is 5.69 Å². The number of nitrogens with zero attached hydrogens (tertiary/aromatic N) is 1. The van der Waals surface area contributed by atoms with Crippen molar-refractivity contribution in [3.05, 3.63) is 53.0 Å². The van der Waals surface area contributed by atoms with E-state index in [9.17, 15) is 13.2 Å². The van der Waals surface area contributed by atoms with Crippen molar-refractivity contribution in [2.45, 2.75) is 26.3 Å². The van der Waals surface area contributed by atoms with Crippen molar-refractivity contribution in [1.29, 1.82) is 0 Å². The van der Waals surface area contributed by atoms with Gasteiger partial charge in [-0.05, 0) is 56.2 Å². The Labute approximate surface area is 141 Å². The predicted octanol–water partition coefficient (Wildman–Crippen LogP) is 2.40. The molecule has 7 heteroatoms. The molecule has 0 saturated carbocycles. The summed E-state index contributed by atoms with van der Waals surface area (Å²) in [7, 11) is -3.28.